The Kier molecular flexibility index (Phi) is 4.44. The second kappa shape index (κ2) is 6.07. The Hall–Kier alpha value is -1.26. The molecule has 18 heavy (non-hydrogen) atoms. The van der Waals surface area contributed by atoms with E-state index in [0.717, 1.165) is 21.4 Å². The molecule has 1 aromatic heterocycles. The molecule has 0 amide bonds. The van der Waals surface area contributed by atoms with Crippen LogP contribution in [0.25, 0.3) is 11.1 Å². The third-order valence-corrected chi connectivity index (χ3v) is 3.25. The van der Waals surface area contributed by atoms with E-state index in [1.807, 2.05) is 30.6 Å². The van der Waals surface area contributed by atoms with Crippen LogP contribution in [0, 0.1) is 0 Å². The highest BCUT2D eigenvalue weighted by Crippen LogP contribution is 2.26. The molecular formula is C14H16BrN3. The summed E-state index contributed by atoms with van der Waals surface area (Å²) in [6, 6.07) is 8.51. The minimum atomic E-state index is 0.441. The molecule has 0 spiro atoms. The Morgan fingerprint density at radius 1 is 1.17 bits per heavy atom. The van der Waals surface area contributed by atoms with Crippen LogP contribution in [0.15, 0.2) is 41.1 Å². The van der Waals surface area contributed by atoms with Gasteiger partial charge in [0.25, 0.3) is 0 Å². The van der Waals surface area contributed by atoms with Crippen molar-refractivity contribution in [3.05, 3.63) is 47.0 Å². The molecule has 0 saturated carbocycles. The third-order valence-electron chi connectivity index (χ3n) is 2.56. The summed E-state index contributed by atoms with van der Waals surface area (Å²) in [6.45, 7) is 4.92. The number of benzene rings is 1. The highest BCUT2D eigenvalue weighted by atomic mass is 79.9. The Morgan fingerprint density at radius 3 is 2.44 bits per heavy atom. The van der Waals surface area contributed by atoms with E-state index in [9.17, 15) is 0 Å². The molecule has 94 valence electrons. The normalized spacial score (nSPS) is 10.9. The number of rotatable bonds is 4. The van der Waals surface area contributed by atoms with Gasteiger partial charge in [0.05, 0.1) is 6.54 Å². The van der Waals surface area contributed by atoms with E-state index in [1.165, 1.54) is 0 Å². The van der Waals surface area contributed by atoms with Crippen molar-refractivity contribution in [1.29, 1.82) is 0 Å². The summed E-state index contributed by atoms with van der Waals surface area (Å²) in [4.78, 5) is 8.75. The highest BCUT2D eigenvalue weighted by Gasteiger charge is 2.04. The van der Waals surface area contributed by atoms with Gasteiger partial charge >= 0.3 is 0 Å². The molecule has 0 aliphatic heterocycles. The van der Waals surface area contributed by atoms with Crippen LogP contribution in [-0.4, -0.2) is 16.0 Å². The first-order valence-electron chi connectivity index (χ1n) is 5.96. The zero-order valence-electron chi connectivity index (χ0n) is 10.5. The molecule has 0 radical (unpaired) electrons. The lowest BCUT2D eigenvalue weighted by atomic mass is 10.1. The van der Waals surface area contributed by atoms with Gasteiger partial charge in [0.1, 0.15) is 5.82 Å². The van der Waals surface area contributed by atoms with Crippen LogP contribution in [0.3, 0.4) is 0 Å². The van der Waals surface area contributed by atoms with E-state index in [-0.39, 0.29) is 0 Å². The van der Waals surface area contributed by atoms with Crippen molar-refractivity contribution in [3.8, 4) is 11.1 Å². The van der Waals surface area contributed by atoms with E-state index >= 15 is 0 Å². The van der Waals surface area contributed by atoms with Crippen molar-refractivity contribution in [3.63, 3.8) is 0 Å². The van der Waals surface area contributed by atoms with Crippen LogP contribution in [0.4, 0.5) is 0 Å². The molecule has 1 N–H and O–H groups in total. The Balaban J connectivity index is 2.15. The number of hydrogen-bond donors (Lipinski definition) is 1. The predicted molar refractivity (Wildman–Crippen MR) is 77.1 cm³/mol. The quantitative estimate of drug-likeness (QED) is 0.940. The molecule has 0 aliphatic carbocycles. The molecule has 3 nitrogen and oxygen atoms in total. The van der Waals surface area contributed by atoms with Gasteiger partial charge in [-0.25, -0.2) is 9.97 Å². The zero-order valence-corrected chi connectivity index (χ0v) is 12.1. The highest BCUT2D eigenvalue weighted by molar-refractivity contribution is 9.10. The lowest BCUT2D eigenvalue weighted by molar-refractivity contribution is 0.572. The summed E-state index contributed by atoms with van der Waals surface area (Å²) in [5.41, 5.74) is 2.14. The average Bonchev–Trinajstić information content (AvgIpc) is 2.38. The van der Waals surface area contributed by atoms with Crippen molar-refractivity contribution in [1.82, 2.24) is 15.3 Å². The molecule has 2 aromatic rings. The largest absolute Gasteiger partial charge is 0.308 e. The van der Waals surface area contributed by atoms with Crippen molar-refractivity contribution in [2.45, 2.75) is 26.4 Å². The molecule has 0 saturated heterocycles. The fourth-order valence-corrected chi connectivity index (χ4v) is 2.09. The molecule has 4 heteroatoms. The lowest BCUT2D eigenvalue weighted by Crippen LogP contribution is -2.23. The average molecular weight is 306 g/mol. The lowest BCUT2D eigenvalue weighted by Gasteiger charge is -2.08. The van der Waals surface area contributed by atoms with E-state index in [1.54, 1.807) is 0 Å². The van der Waals surface area contributed by atoms with Crippen molar-refractivity contribution in [2.75, 3.05) is 0 Å². The topological polar surface area (TPSA) is 37.8 Å². The summed E-state index contributed by atoms with van der Waals surface area (Å²) >= 11 is 3.53. The minimum Gasteiger partial charge on any atom is -0.308 e. The number of aromatic nitrogens is 2. The number of nitrogens with zero attached hydrogens (tertiary/aromatic N) is 2. The van der Waals surface area contributed by atoms with Crippen LogP contribution in [0.5, 0.6) is 0 Å². The third kappa shape index (κ3) is 3.37. The molecule has 1 heterocycles. The molecule has 0 atom stereocenters. The fourth-order valence-electron chi connectivity index (χ4n) is 1.58. The Labute approximate surface area is 116 Å². The van der Waals surface area contributed by atoms with Gasteiger partial charge in [-0.2, -0.15) is 0 Å². The van der Waals surface area contributed by atoms with E-state index in [2.05, 4.69) is 51.1 Å². The number of hydrogen-bond acceptors (Lipinski definition) is 3. The van der Waals surface area contributed by atoms with Gasteiger partial charge in [-0.1, -0.05) is 48.0 Å². The maximum absolute atomic E-state index is 4.37. The van der Waals surface area contributed by atoms with Crippen molar-refractivity contribution in [2.24, 2.45) is 0 Å². The second-order valence-electron chi connectivity index (χ2n) is 4.40. The molecule has 0 fully saturated rings. The van der Waals surface area contributed by atoms with E-state index in [0.29, 0.717) is 12.6 Å². The Morgan fingerprint density at radius 2 is 1.83 bits per heavy atom. The van der Waals surface area contributed by atoms with Gasteiger partial charge in [0.2, 0.25) is 0 Å². The molecule has 0 bridgehead atoms. The smallest absolute Gasteiger partial charge is 0.141 e. The molecular weight excluding hydrogens is 290 g/mol. The minimum absolute atomic E-state index is 0.441. The van der Waals surface area contributed by atoms with Gasteiger partial charge in [-0.05, 0) is 11.6 Å². The van der Waals surface area contributed by atoms with E-state index in [4.69, 9.17) is 0 Å². The van der Waals surface area contributed by atoms with Crippen LogP contribution >= 0.6 is 15.9 Å². The molecule has 2 rings (SSSR count). The first kappa shape index (κ1) is 13.2. The summed E-state index contributed by atoms with van der Waals surface area (Å²) in [6.07, 6.45) is 3.73. The van der Waals surface area contributed by atoms with Gasteiger partial charge in [-0.15, -0.1) is 0 Å². The Bertz CT molecular complexity index is 509. The first-order valence-corrected chi connectivity index (χ1v) is 6.75. The first-order chi connectivity index (χ1) is 8.66. The SMILES string of the molecule is CC(C)NCc1ncc(-c2ccccc2Br)cn1. The maximum atomic E-state index is 4.37. The van der Waals surface area contributed by atoms with Crippen molar-refractivity contribution >= 4 is 15.9 Å². The van der Waals surface area contributed by atoms with E-state index < -0.39 is 0 Å². The van der Waals surface area contributed by atoms with Crippen LogP contribution in [-0.2, 0) is 6.54 Å². The number of halogens is 1. The second-order valence-corrected chi connectivity index (χ2v) is 5.26. The number of nitrogens with one attached hydrogen (secondary N) is 1. The molecule has 0 aliphatic rings. The van der Waals surface area contributed by atoms with Crippen LogP contribution < -0.4 is 5.32 Å². The van der Waals surface area contributed by atoms with Crippen LogP contribution in [0.1, 0.15) is 19.7 Å². The summed E-state index contributed by atoms with van der Waals surface area (Å²) in [7, 11) is 0. The predicted octanol–water partition coefficient (Wildman–Crippen LogP) is 3.40. The monoisotopic (exact) mass is 305 g/mol. The summed E-state index contributed by atoms with van der Waals surface area (Å²) in [5.74, 6) is 0.819. The molecule has 1 aromatic carbocycles. The van der Waals surface area contributed by atoms with Gasteiger partial charge < -0.3 is 5.32 Å². The van der Waals surface area contributed by atoms with Crippen molar-refractivity contribution < 1.29 is 0 Å². The standard InChI is InChI=1S/C14H16BrN3/c1-10(2)16-9-14-17-7-11(8-18-14)12-5-3-4-6-13(12)15/h3-8,10,16H,9H2,1-2H3. The molecule has 0 unspecified atom stereocenters. The summed E-state index contributed by atoms with van der Waals surface area (Å²) < 4.78 is 1.06. The zero-order chi connectivity index (χ0) is 13.0. The fraction of sp³-hybridized carbons (Fsp3) is 0.286. The van der Waals surface area contributed by atoms with Gasteiger partial charge in [-0.3, -0.25) is 0 Å². The van der Waals surface area contributed by atoms with Gasteiger partial charge in [0, 0.05) is 28.5 Å². The maximum Gasteiger partial charge on any atom is 0.141 e. The van der Waals surface area contributed by atoms with Gasteiger partial charge in [0.15, 0.2) is 0 Å². The van der Waals surface area contributed by atoms with Crippen LogP contribution in [0.2, 0.25) is 0 Å². The summed E-state index contributed by atoms with van der Waals surface area (Å²) in [5, 5.41) is 3.30.